The Kier molecular flexibility index (Phi) is 5.08. The van der Waals surface area contributed by atoms with Gasteiger partial charge in [-0.3, -0.25) is 9.78 Å². The Labute approximate surface area is 157 Å². The van der Waals surface area contributed by atoms with Crippen molar-refractivity contribution in [2.45, 2.75) is 23.8 Å². The van der Waals surface area contributed by atoms with Crippen LogP contribution in [0.5, 0.6) is 0 Å². The smallest absolute Gasteiger partial charge is 0.242 e. The molecule has 134 valence electrons. The number of carbonyl (C=O) groups is 1. The van der Waals surface area contributed by atoms with E-state index in [-0.39, 0.29) is 5.91 Å². The lowest BCUT2D eigenvalue weighted by Gasteiger charge is -2.28. The van der Waals surface area contributed by atoms with Crippen molar-refractivity contribution in [3.8, 4) is 11.4 Å². The van der Waals surface area contributed by atoms with Crippen LogP contribution in [0.25, 0.3) is 11.4 Å². The Hall–Kier alpha value is -2.67. The molecule has 0 aliphatic rings. The second-order valence-corrected chi connectivity index (χ2v) is 8.00. The fourth-order valence-corrected chi connectivity index (χ4v) is 3.59. The van der Waals surface area contributed by atoms with Crippen molar-refractivity contribution >= 4 is 23.4 Å². The number of para-hydroxylation sites is 1. The normalized spacial score (nSPS) is 11.4. The first-order chi connectivity index (χ1) is 12.4. The summed E-state index contributed by atoms with van der Waals surface area (Å²) in [7, 11) is 3.69. The molecule has 0 bridgehead atoms. The van der Waals surface area contributed by atoms with Crippen LogP contribution in [0.1, 0.15) is 13.8 Å². The lowest BCUT2D eigenvalue weighted by Crippen LogP contribution is -2.41. The molecular formula is C19H21N5OS. The molecule has 1 aromatic carbocycles. The van der Waals surface area contributed by atoms with Crippen molar-refractivity contribution in [1.29, 1.82) is 0 Å². The highest BCUT2D eigenvalue weighted by atomic mass is 32.2. The molecule has 0 spiro atoms. The quantitative estimate of drug-likeness (QED) is 0.647. The predicted molar refractivity (Wildman–Crippen MR) is 104 cm³/mol. The van der Waals surface area contributed by atoms with Gasteiger partial charge in [-0.25, -0.2) is 0 Å². The highest BCUT2D eigenvalue weighted by molar-refractivity contribution is 8.01. The monoisotopic (exact) mass is 367 g/mol. The third-order valence-electron chi connectivity index (χ3n) is 4.08. The van der Waals surface area contributed by atoms with Gasteiger partial charge in [0.1, 0.15) is 0 Å². The van der Waals surface area contributed by atoms with E-state index in [0.29, 0.717) is 5.16 Å². The highest BCUT2D eigenvalue weighted by Gasteiger charge is 2.34. The zero-order valence-corrected chi connectivity index (χ0v) is 16.1. The van der Waals surface area contributed by atoms with Gasteiger partial charge in [-0.2, -0.15) is 0 Å². The molecule has 2 aromatic heterocycles. The predicted octanol–water partition coefficient (Wildman–Crippen LogP) is 3.41. The van der Waals surface area contributed by atoms with Crippen molar-refractivity contribution in [3.05, 3.63) is 54.9 Å². The minimum atomic E-state index is -0.694. The molecular weight excluding hydrogens is 346 g/mol. The van der Waals surface area contributed by atoms with E-state index in [2.05, 4.69) is 15.2 Å². The number of hydrogen-bond acceptors (Lipinski definition) is 5. The summed E-state index contributed by atoms with van der Waals surface area (Å²) in [6, 6.07) is 13.4. The lowest BCUT2D eigenvalue weighted by atomic mass is 10.1. The summed E-state index contributed by atoms with van der Waals surface area (Å²) in [5.74, 6) is 0.747. The van der Waals surface area contributed by atoms with Crippen LogP contribution in [0.2, 0.25) is 0 Å². The minimum Gasteiger partial charge on any atom is -0.314 e. The van der Waals surface area contributed by atoms with Crippen LogP contribution in [-0.4, -0.2) is 37.5 Å². The molecule has 0 atom stereocenters. The van der Waals surface area contributed by atoms with Crippen LogP contribution in [0, 0.1) is 0 Å². The zero-order valence-electron chi connectivity index (χ0n) is 15.2. The van der Waals surface area contributed by atoms with Gasteiger partial charge >= 0.3 is 0 Å². The maximum Gasteiger partial charge on any atom is 0.242 e. The Balaban J connectivity index is 1.81. The number of rotatable bonds is 5. The second kappa shape index (κ2) is 7.29. The molecule has 3 rings (SSSR count). The first kappa shape index (κ1) is 18.1. The van der Waals surface area contributed by atoms with Crippen LogP contribution in [0.4, 0.5) is 5.69 Å². The van der Waals surface area contributed by atoms with Crippen molar-refractivity contribution in [2.75, 3.05) is 11.9 Å². The third-order valence-corrected chi connectivity index (χ3v) is 5.31. The number of benzene rings is 1. The van der Waals surface area contributed by atoms with E-state index in [1.54, 1.807) is 24.3 Å². The van der Waals surface area contributed by atoms with Gasteiger partial charge in [0.15, 0.2) is 11.0 Å². The molecule has 0 N–H and O–H groups in total. The van der Waals surface area contributed by atoms with Gasteiger partial charge < -0.3 is 9.47 Å². The number of carbonyl (C=O) groups excluding carboxylic acids is 1. The number of anilines is 1. The summed E-state index contributed by atoms with van der Waals surface area (Å²) in [6.07, 6.45) is 3.44. The molecule has 26 heavy (non-hydrogen) atoms. The summed E-state index contributed by atoms with van der Waals surface area (Å²) >= 11 is 1.40. The number of pyridine rings is 1. The molecule has 0 unspecified atom stereocenters. The van der Waals surface area contributed by atoms with Crippen molar-refractivity contribution < 1.29 is 4.79 Å². The molecule has 0 saturated carbocycles. The third kappa shape index (κ3) is 3.62. The molecule has 0 saturated heterocycles. The SMILES string of the molecule is CN(C(=O)C(C)(C)Sc1nnc(-c2ccncc2)n1C)c1ccccc1. The molecule has 7 heteroatoms. The molecule has 0 radical (unpaired) electrons. The van der Waals surface area contributed by atoms with Gasteiger partial charge in [0.05, 0.1) is 4.75 Å². The number of thioether (sulfide) groups is 1. The fraction of sp³-hybridized carbons (Fsp3) is 0.263. The molecule has 2 heterocycles. The molecule has 1 amide bonds. The first-order valence-corrected chi connectivity index (χ1v) is 9.04. The Morgan fingerprint density at radius 1 is 1.08 bits per heavy atom. The first-order valence-electron chi connectivity index (χ1n) is 8.22. The minimum absolute atomic E-state index is 0.00200. The number of amides is 1. The van der Waals surface area contributed by atoms with E-state index in [4.69, 9.17) is 0 Å². The summed E-state index contributed by atoms with van der Waals surface area (Å²) in [5.41, 5.74) is 1.80. The number of hydrogen-bond donors (Lipinski definition) is 0. The van der Waals surface area contributed by atoms with E-state index < -0.39 is 4.75 Å². The van der Waals surface area contributed by atoms with Crippen molar-refractivity contribution in [2.24, 2.45) is 7.05 Å². The second-order valence-electron chi connectivity index (χ2n) is 6.41. The van der Waals surface area contributed by atoms with E-state index in [1.165, 1.54) is 11.8 Å². The van der Waals surface area contributed by atoms with Gasteiger partial charge in [0.2, 0.25) is 5.91 Å². The Morgan fingerprint density at radius 2 is 1.73 bits per heavy atom. The fourth-order valence-electron chi connectivity index (χ4n) is 2.60. The van der Waals surface area contributed by atoms with Crippen LogP contribution in [0.15, 0.2) is 60.0 Å². The summed E-state index contributed by atoms with van der Waals surface area (Å²) in [6.45, 7) is 3.81. The summed E-state index contributed by atoms with van der Waals surface area (Å²) in [5, 5.41) is 9.24. The van der Waals surface area contributed by atoms with Crippen LogP contribution in [-0.2, 0) is 11.8 Å². The molecule has 6 nitrogen and oxygen atoms in total. The number of nitrogens with zero attached hydrogens (tertiary/aromatic N) is 5. The average molecular weight is 367 g/mol. The molecule has 3 aromatic rings. The molecule has 0 aliphatic carbocycles. The van der Waals surface area contributed by atoms with Gasteiger partial charge in [0, 0.05) is 37.7 Å². The maximum absolute atomic E-state index is 13.0. The van der Waals surface area contributed by atoms with Gasteiger partial charge in [0.25, 0.3) is 0 Å². The number of aromatic nitrogens is 4. The Morgan fingerprint density at radius 3 is 2.38 bits per heavy atom. The van der Waals surface area contributed by atoms with Crippen LogP contribution < -0.4 is 4.90 Å². The van der Waals surface area contributed by atoms with E-state index in [9.17, 15) is 4.79 Å². The van der Waals surface area contributed by atoms with Gasteiger partial charge in [-0.05, 0) is 38.1 Å². The molecule has 0 fully saturated rings. The highest BCUT2D eigenvalue weighted by Crippen LogP contribution is 2.34. The molecule has 0 aliphatic heterocycles. The van der Waals surface area contributed by atoms with Gasteiger partial charge in [-0.1, -0.05) is 30.0 Å². The van der Waals surface area contributed by atoms with E-state index >= 15 is 0 Å². The Bertz CT molecular complexity index is 893. The van der Waals surface area contributed by atoms with Crippen molar-refractivity contribution in [1.82, 2.24) is 19.7 Å². The maximum atomic E-state index is 13.0. The largest absolute Gasteiger partial charge is 0.314 e. The standard InChI is InChI=1S/C19H21N5OS/c1-19(2,17(25)23(3)15-8-6-5-7-9-15)26-18-22-21-16(24(18)4)14-10-12-20-13-11-14/h5-13H,1-4H3. The lowest BCUT2D eigenvalue weighted by molar-refractivity contribution is -0.119. The average Bonchev–Trinajstić information content (AvgIpc) is 3.01. The summed E-state index contributed by atoms with van der Waals surface area (Å²) < 4.78 is 1.21. The zero-order chi connectivity index (χ0) is 18.7. The van der Waals surface area contributed by atoms with Crippen LogP contribution in [0.3, 0.4) is 0 Å². The summed E-state index contributed by atoms with van der Waals surface area (Å²) in [4.78, 5) is 18.7. The van der Waals surface area contributed by atoms with Crippen LogP contribution >= 0.6 is 11.8 Å². The van der Waals surface area contributed by atoms with Crippen molar-refractivity contribution in [3.63, 3.8) is 0 Å². The van der Waals surface area contributed by atoms with E-state index in [1.807, 2.05) is 67.9 Å². The van der Waals surface area contributed by atoms with E-state index in [0.717, 1.165) is 17.1 Å². The topological polar surface area (TPSA) is 63.9 Å². The van der Waals surface area contributed by atoms with Gasteiger partial charge in [-0.15, -0.1) is 10.2 Å².